The van der Waals surface area contributed by atoms with Gasteiger partial charge in [0.1, 0.15) is 5.75 Å². The lowest BCUT2D eigenvalue weighted by Crippen LogP contribution is -2.40. The quantitative estimate of drug-likeness (QED) is 0.453. The lowest BCUT2D eigenvalue weighted by atomic mass is 10.2. The van der Waals surface area contributed by atoms with Crippen molar-refractivity contribution >= 4 is 18.0 Å². The van der Waals surface area contributed by atoms with E-state index in [2.05, 4.69) is 10.5 Å². The maximum Gasteiger partial charge on any atom is 0.305 e. The molecule has 2 amide bonds. The molecular weight excluding hydrogens is 344 g/mol. The van der Waals surface area contributed by atoms with E-state index in [1.54, 1.807) is 10.6 Å². The molecule has 1 aromatic heterocycles. The zero-order chi connectivity index (χ0) is 18.9. The van der Waals surface area contributed by atoms with Gasteiger partial charge in [0.25, 0.3) is 5.91 Å². The van der Waals surface area contributed by atoms with Gasteiger partial charge in [-0.1, -0.05) is 18.2 Å². The summed E-state index contributed by atoms with van der Waals surface area (Å²) in [4.78, 5) is 25.9. The third-order valence-electron chi connectivity index (χ3n) is 4.23. The van der Waals surface area contributed by atoms with Gasteiger partial charge < -0.3 is 9.64 Å². The number of nitrogens with one attached hydrogen (secondary N) is 1. The van der Waals surface area contributed by atoms with Crippen molar-refractivity contribution < 1.29 is 18.9 Å². The van der Waals surface area contributed by atoms with Crippen LogP contribution in [0.15, 0.2) is 60.0 Å². The number of pyridine rings is 1. The van der Waals surface area contributed by atoms with Gasteiger partial charge in [0.15, 0.2) is 19.0 Å². The van der Waals surface area contributed by atoms with E-state index in [0.717, 1.165) is 25.9 Å². The average molecular weight is 367 g/mol. The predicted molar refractivity (Wildman–Crippen MR) is 100 cm³/mol. The summed E-state index contributed by atoms with van der Waals surface area (Å²) in [5.41, 5.74) is 3.19. The molecule has 2 aromatic rings. The number of carbonyl (C=O) groups is 2. The summed E-state index contributed by atoms with van der Waals surface area (Å²) >= 11 is 0. The molecule has 7 heteroatoms. The Labute approximate surface area is 158 Å². The van der Waals surface area contributed by atoms with Crippen molar-refractivity contribution in [1.29, 1.82) is 0 Å². The van der Waals surface area contributed by atoms with Gasteiger partial charge in [0.05, 0.1) is 6.21 Å². The fraction of sp³-hybridized carbons (Fsp3) is 0.300. The summed E-state index contributed by atoms with van der Waals surface area (Å²) in [6.07, 6.45) is 7.24. The first-order valence-electron chi connectivity index (χ1n) is 8.98. The zero-order valence-corrected chi connectivity index (χ0v) is 15.1. The Morgan fingerprint density at radius 1 is 1.11 bits per heavy atom. The van der Waals surface area contributed by atoms with Crippen LogP contribution in [0, 0.1) is 0 Å². The molecule has 0 spiro atoms. The van der Waals surface area contributed by atoms with Crippen molar-refractivity contribution in [2.75, 3.05) is 19.7 Å². The van der Waals surface area contributed by atoms with Crippen LogP contribution >= 0.6 is 0 Å². The molecule has 1 fully saturated rings. The van der Waals surface area contributed by atoms with Gasteiger partial charge in [0.2, 0.25) is 6.54 Å². The van der Waals surface area contributed by atoms with Crippen LogP contribution in [0.3, 0.4) is 0 Å². The number of ether oxygens (including phenoxy) is 1. The average Bonchev–Trinajstić information content (AvgIpc) is 3.23. The second-order valence-electron chi connectivity index (χ2n) is 6.26. The summed E-state index contributed by atoms with van der Waals surface area (Å²) in [6, 6.07) is 12.9. The Bertz CT molecular complexity index is 802. The molecule has 0 saturated carbocycles. The Balaban J connectivity index is 1.52. The van der Waals surface area contributed by atoms with Crippen molar-refractivity contribution in [3.8, 4) is 5.75 Å². The number of nitrogens with zero attached hydrogens (tertiary/aromatic N) is 3. The highest BCUT2D eigenvalue weighted by Crippen LogP contribution is 2.16. The Morgan fingerprint density at radius 3 is 2.63 bits per heavy atom. The minimum Gasteiger partial charge on any atom is -0.483 e. The third kappa shape index (κ3) is 5.64. The minimum atomic E-state index is -0.231. The second kappa shape index (κ2) is 9.47. The summed E-state index contributed by atoms with van der Waals surface area (Å²) < 4.78 is 7.42. The molecule has 2 heterocycles. The first-order valence-corrected chi connectivity index (χ1v) is 8.98. The Kier molecular flexibility index (Phi) is 6.51. The van der Waals surface area contributed by atoms with Crippen LogP contribution in [0.25, 0.3) is 0 Å². The minimum absolute atomic E-state index is 0.00184. The van der Waals surface area contributed by atoms with Crippen LogP contribution in [0.2, 0.25) is 0 Å². The van der Waals surface area contributed by atoms with Crippen LogP contribution in [-0.4, -0.2) is 42.6 Å². The largest absolute Gasteiger partial charge is 0.483 e. The number of hydrogen-bond donors (Lipinski definition) is 1. The zero-order valence-electron chi connectivity index (χ0n) is 15.1. The summed E-state index contributed by atoms with van der Waals surface area (Å²) in [5.74, 6) is 0.318. The summed E-state index contributed by atoms with van der Waals surface area (Å²) in [5, 5.41) is 3.99. The lowest BCUT2D eigenvalue weighted by Gasteiger charge is -2.16. The first kappa shape index (κ1) is 18.6. The lowest BCUT2D eigenvalue weighted by molar-refractivity contribution is -0.684. The predicted octanol–water partition coefficient (Wildman–Crippen LogP) is 1.13. The summed E-state index contributed by atoms with van der Waals surface area (Å²) in [6.45, 7) is 1.79. The van der Waals surface area contributed by atoms with Gasteiger partial charge in [-0.3, -0.25) is 9.59 Å². The van der Waals surface area contributed by atoms with E-state index in [4.69, 9.17) is 4.74 Å². The van der Waals surface area contributed by atoms with E-state index in [1.165, 1.54) is 6.21 Å². The highest BCUT2D eigenvalue weighted by Gasteiger charge is 2.18. The maximum absolute atomic E-state index is 12.1. The highest BCUT2D eigenvalue weighted by molar-refractivity contribution is 5.85. The van der Waals surface area contributed by atoms with Crippen molar-refractivity contribution in [3.05, 3.63) is 60.4 Å². The molecule has 0 atom stereocenters. The monoisotopic (exact) mass is 367 g/mol. The fourth-order valence-corrected chi connectivity index (χ4v) is 2.83. The van der Waals surface area contributed by atoms with E-state index in [0.29, 0.717) is 11.3 Å². The number of carbonyl (C=O) groups excluding carboxylic acids is 2. The number of para-hydroxylation sites is 1. The maximum atomic E-state index is 12.1. The van der Waals surface area contributed by atoms with Gasteiger partial charge in [-0.05, 0) is 25.0 Å². The van der Waals surface area contributed by atoms with Crippen LogP contribution in [0.5, 0.6) is 5.75 Å². The molecule has 0 aliphatic carbocycles. The molecule has 1 aliphatic heterocycles. The van der Waals surface area contributed by atoms with Crippen LogP contribution in [0.1, 0.15) is 18.4 Å². The second-order valence-corrected chi connectivity index (χ2v) is 6.26. The smallest absolute Gasteiger partial charge is 0.305 e. The van der Waals surface area contributed by atoms with E-state index < -0.39 is 0 Å². The standard InChI is InChI=1S/C20H22N4O3/c25-19(15-23-10-4-1-5-11-23)22-21-14-17-8-2-3-9-18(17)27-16-20(26)24-12-6-7-13-24/h1-5,8-11,14H,6-7,12-13,15-16H2/p+1/b21-14+. The van der Waals surface area contributed by atoms with Crippen LogP contribution in [-0.2, 0) is 16.1 Å². The van der Waals surface area contributed by atoms with Gasteiger partial charge >= 0.3 is 5.91 Å². The van der Waals surface area contributed by atoms with E-state index in [9.17, 15) is 9.59 Å². The molecule has 140 valence electrons. The number of aromatic nitrogens is 1. The van der Waals surface area contributed by atoms with Crippen LogP contribution in [0.4, 0.5) is 0 Å². The van der Waals surface area contributed by atoms with Gasteiger partial charge in [0, 0.05) is 30.8 Å². The van der Waals surface area contributed by atoms with Crippen molar-refractivity contribution in [2.45, 2.75) is 19.4 Å². The van der Waals surface area contributed by atoms with E-state index in [-0.39, 0.29) is 25.0 Å². The molecule has 0 radical (unpaired) electrons. The molecule has 0 unspecified atom stereocenters. The normalized spacial score (nSPS) is 13.7. The molecule has 3 rings (SSSR count). The molecule has 1 N–H and O–H groups in total. The molecule has 0 bridgehead atoms. The number of likely N-dealkylation sites (tertiary alicyclic amines) is 1. The van der Waals surface area contributed by atoms with Gasteiger partial charge in [-0.15, -0.1) is 0 Å². The topological polar surface area (TPSA) is 74.9 Å². The molecule has 1 saturated heterocycles. The van der Waals surface area contributed by atoms with Gasteiger partial charge in [-0.25, -0.2) is 5.43 Å². The summed E-state index contributed by atoms with van der Waals surface area (Å²) in [7, 11) is 0. The highest BCUT2D eigenvalue weighted by atomic mass is 16.5. The number of benzene rings is 1. The third-order valence-corrected chi connectivity index (χ3v) is 4.23. The first-order chi connectivity index (χ1) is 13.2. The number of hydrogen-bond acceptors (Lipinski definition) is 4. The van der Waals surface area contributed by atoms with Crippen molar-refractivity contribution in [1.82, 2.24) is 10.3 Å². The van der Waals surface area contributed by atoms with E-state index >= 15 is 0 Å². The number of amides is 2. The van der Waals surface area contributed by atoms with Gasteiger partial charge in [-0.2, -0.15) is 9.67 Å². The van der Waals surface area contributed by atoms with E-state index in [1.807, 2.05) is 53.7 Å². The molecule has 1 aliphatic rings. The number of hydrazone groups is 1. The molecule has 1 aromatic carbocycles. The molecular formula is C20H23N4O3+. The fourth-order valence-electron chi connectivity index (χ4n) is 2.83. The SMILES string of the molecule is O=C(C[n+]1ccccc1)N/N=C/c1ccccc1OCC(=O)N1CCCC1. The van der Waals surface area contributed by atoms with Crippen LogP contribution < -0.4 is 14.7 Å². The molecule has 27 heavy (non-hydrogen) atoms. The Hall–Kier alpha value is -3.22. The Morgan fingerprint density at radius 2 is 1.85 bits per heavy atom. The van der Waals surface area contributed by atoms with Crippen molar-refractivity contribution in [2.24, 2.45) is 5.10 Å². The number of rotatable bonds is 7. The molecule has 7 nitrogen and oxygen atoms in total. The van der Waals surface area contributed by atoms with Crippen molar-refractivity contribution in [3.63, 3.8) is 0 Å².